The predicted molar refractivity (Wildman–Crippen MR) is 67.7 cm³/mol. The van der Waals surface area contributed by atoms with Crippen molar-refractivity contribution in [2.24, 2.45) is 11.1 Å². The summed E-state index contributed by atoms with van der Waals surface area (Å²) in [7, 11) is 0. The minimum Gasteiger partial charge on any atom is -0.366 e. The second kappa shape index (κ2) is 3.89. The van der Waals surface area contributed by atoms with Gasteiger partial charge in [0.25, 0.3) is 5.91 Å². The fraction of sp³-hybridized carbons (Fsp3) is 0.231. The van der Waals surface area contributed by atoms with E-state index in [-0.39, 0.29) is 11.3 Å². The highest BCUT2D eigenvalue weighted by Gasteiger charge is 2.62. The number of nitrogens with one attached hydrogen (secondary N) is 1. The lowest BCUT2D eigenvalue weighted by atomic mass is 10.0. The maximum Gasteiger partial charge on any atom is 0.335 e. The molecular formula is C13H11N3O4. The quantitative estimate of drug-likeness (QED) is 0.747. The molecule has 1 aliphatic carbocycles. The van der Waals surface area contributed by atoms with Crippen molar-refractivity contribution in [1.29, 1.82) is 0 Å². The largest absolute Gasteiger partial charge is 0.366 e. The molecule has 0 aromatic heterocycles. The van der Waals surface area contributed by atoms with Crippen LogP contribution in [0.4, 0.5) is 10.5 Å². The number of nitrogens with two attached hydrogens (primary N) is 1. The van der Waals surface area contributed by atoms with Crippen molar-refractivity contribution in [3.05, 3.63) is 29.8 Å². The summed E-state index contributed by atoms with van der Waals surface area (Å²) in [5.41, 5.74) is 4.47. The number of urea groups is 1. The van der Waals surface area contributed by atoms with Crippen molar-refractivity contribution >= 4 is 29.4 Å². The summed E-state index contributed by atoms with van der Waals surface area (Å²) in [6, 6.07) is 5.06. The van der Waals surface area contributed by atoms with Gasteiger partial charge in [-0.3, -0.25) is 19.7 Å². The van der Waals surface area contributed by atoms with E-state index in [0.29, 0.717) is 12.8 Å². The van der Waals surface area contributed by atoms with Crippen LogP contribution in [0.15, 0.2) is 24.3 Å². The first-order chi connectivity index (χ1) is 9.45. The Balaban J connectivity index is 2.02. The number of rotatable bonds is 2. The summed E-state index contributed by atoms with van der Waals surface area (Å²) >= 11 is 0. The van der Waals surface area contributed by atoms with Gasteiger partial charge in [-0.2, -0.15) is 0 Å². The summed E-state index contributed by atoms with van der Waals surface area (Å²) in [5.74, 6) is -1.75. The number of imide groups is 2. The van der Waals surface area contributed by atoms with Crippen LogP contribution in [0, 0.1) is 5.41 Å². The molecule has 0 unspecified atom stereocenters. The van der Waals surface area contributed by atoms with Crippen LogP contribution in [0.1, 0.15) is 23.2 Å². The SMILES string of the molecule is NC(=O)c1cccc(N2C(=O)NC(=O)C3(CC3)C2=O)c1. The zero-order valence-electron chi connectivity index (χ0n) is 10.4. The third-order valence-corrected chi connectivity index (χ3v) is 3.61. The first-order valence-electron chi connectivity index (χ1n) is 6.05. The van der Waals surface area contributed by atoms with Gasteiger partial charge in [0.05, 0.1) is 5.69 Å². The topological polar surface area (TPSA) is 110 Å². The number of carbonyl (C=O) groups excluding carboxylic acids is 4. The Bertz CT molecular complexity index is 663. The fourth-order valence-corrected chi connectivity index (χ4v) is 2.27. The third-order valence-electron chi connectivity index (χ3n) is 3.61. The Morgan fingerprint density at radius 1 is 1.25 bits per heavy atom. The molecule has 3 N–H and O–H groups in total. The molecule has 1 aromatic carbocycles. The average Bonchev–Trinajstić information content (AvgIpc) is 3.19. The molecule has 1 heterocycles. The second-order valence-corrected chi connectivity index (χ2v) is 4.90. The molecule has 5 amide bonds. The van der Waals surface area contributed by atoms with Crippen LogP contribution in [0.5, 0.6) is 0 Å². The summed E-state index contributed by atoms with van der Waals surface area (Å²) < 4.78 is 0. The van der Waals surface area contributed by atoms with E-state index in [9.17, 15) is 19.2 Å². The summed E-state index contributed by atoms with van der Waals surface area (Å²) in [4.78, 5) is 48.0. The van der Waals surface area contributed by atoms with Gasteiger partial charge in [-0.15, -0.1) is 0 Å². The van der Waals surface area contributed by atoms with Crippen molar-refractivity contribution in [3.8, 4) is 0 Å². The molecule has 2 fully saturated rings. The molecule has 2 aliphatic rings. The van der Waals surface area contributed by atoms with Crippen LogP contribution < -0.4 is 16.0 Å². The minimum absolute atomic E-state index is 0.185. The highest BCUT2D eigenvalue weighted by atomic mass is 16.2. The van der Waals surface area contributed by atoms with E-state index < -0.39 is 29.2 Å². The van der Waals surface area contributed by atoms with E-state index in [1.165, 1.54) is 24.3 Å². The molecule has 20 heavy (non-hydrogen) atoms. The van der Waals surface area contributed by atoms with E-state index in [1.54, 1.807) is 0 Å². The molecule has 1 spiro atoms. The lowest BCUT2D eigenvalue weighted by Crippen LogP contribution is -2.59. The molecule has 7 heteroatoms. The van der Waals surface area contributed by atoms with Gasteiger partial charge < -0.3 is 5.73 Å². The maximum absolute atomic E-state index is 12.3. The monoisotopic (exact) mass is 273 g/mol. The molecule has 102 valence electrons. The van der Waals surface area contributed by atoms with Gasteiger partial charge in [0.2, 0.25) is 11.8 Å². The zero-order valence-corrected chi connectivity index (χ0v) is 10.4. The summed E-state index contributed by atoms with van der Waals surface area (Å²) in [6.07, 6.45) is 0.855. The first kappa shape index (κ1) is 12.3. The number of primary amides is 1. The van der Waals surface area contributed by atoms with Crippen LogP contribution >= 0.6 is 0 Å². The van der Waals surface area contributed by atoms with E-state index in [4.69, 9.17) is 5.73 Å². The third kappa shape index (κ3) is 1.59. The van der Waals surface area contributed by atoms with Crippen LogP contribution in [0.3, 0.4) is 0 Å². The molecule has 0 radical (unpaired) electrons. The fourth-order valence-electron chi connectivity index (χ4n) is 2.27. The van der Waals surface area contributed by atoms with E-state index >= 15 is 0 Å². The standard InChI is InChI=1S/C13H11N3O4/c14-9(17)7-2-1-3-8(6-7)16-11(19)13(4-5-13)10(18)15-12(16)20/h1-3,6H,4-5H2,(H2,14,17)(H,15,18,20). The second-order valence-electron chi connectivity index (χ2n) is 4.90. The number of amides is 5. The molecule has 1 saturated carbocycles. The van der Waals surface area contributed by atoms with Crippen LogP contribution in [0.25, 0.3) is 0 Å². The Morgan fingerprint density at radius 3 is 2.55 bits per heavy atom. The number of nitrogens with zero attached hydrogens (tertiary/aromatic N) is 1. The summed E-state index contributed by atoms with van der Waals surface area (Å²) in [6.45, 7) is 0. The molecular weight excluding hydrogens is 262 g/mol. The smallest absolute Gasteiger partial charge is 0.335 e. The van der Waals surface area contributed by atoms with Crippen LogP contribution in [-0.2, 0) is 9.59 Å². The van der Waals surface area contributed by atoms with Gasteiger partial charge in [0.1, 0.15) is 5.41 Å². The van der Waals surface area contributed by atoms with Gasteiger partial charge in [-0.05, 0) is 31.0 Å². The average molecular weight is 273 g/mol. The highest BCUT2D eigenvalue weighted by molar-refractivity contribution is 6.31. The van der Waals surface area contributed by atoms with E-state index in [0.717, 1.165) is 4.90 Å². The van der Waals surface area contributed by atoms with Gasteiger partial charge in [0.15, 0.2) is 0 Å². The molecule has 7 nitrogen and oxygen atoms in total. The van der Waals surface area contributed by atoms with Gasteiger partial charge in [-0.1, -0.05) is 6.07 Å². The van der Waals surface area contributed by atoms with Crippen molar-refractivity contribution in [3.63, 3.8) is 0 Å². The van der Waals surface area contributed by atoms with Gasteiger partial charge >= 0.3 is 6.03 Å². The van der Waals surface area contributed by atoms with Crippen molar-refractivity contribution in [2.45, 2.75) is 12.8 Å². The van der Waals surface area contributed by atoms with Crippen molar-refractivity contribution in [2.75, 3.05) is 4.90 Å². The molecule has 1 saturated heterocycles. The summed E-state index contributed by atoms with van der Waals surface area (Å²) in [5, 5.41) is 2.17. The Kier molecular flexibility index (Phi) is 2.40. The van der Waals surface area contributed by atoms with Crippen LogP contribution in [0.2, 0.25) is 0 Å². The number of barbiturate groups is 1. The number of anilines is 1. The Labute approximate surface area is 113 Å². The highest BCUT2D eigenvalue weighted by Crippen LogP contribution is 2.49. The molecule has 1 aromatic rings. The van der Waals surface area contributed by atoms with E-state index in [2.05, 4.69) is 5.32 Å². The first-order valence-corrected chi connectivity index (χ1v) is 6.05. The maximum atomic E-state index is 12.3. The van der Waals surface area contributed by atoms with Crippen molar-refractivity contribution in [1.82, 2.24) is 5.32 Å². The van der Waals surface area contributed by atoms with Gasteiger partial charge in [0, 0.05) is 5.56 Å². The van der Waals surface area contributed by atoms with E-state index in [1.807, 2.05) is 0 Å². The Hall–Kier alpha value is -2.70. The van der Waals surface area contributed by atoms with Crippen LogP contribution in [-0.4, -0.2) is 23.8 Å². The molecule has 3 rings (SSSR count). The van der Waals surface area contributed by atoms with Crippen molar-refractivity contribution < 1.29 is 19.2 Å². The molecule has 0 atom stereocenters. The molecule has 1 aliphatic heterocycles. The van der Waals surface area contributed by atoms with Gasteiger partial charge in [-0.25, -0.2) is 9.69 Å². The lowest BCUT2D eigenvalue weighted by Gasteiger charge is -2.30. The predicted octanol–water partition coefficient (Wildman–Crippen LogP) is 0.148. The normalized spacial score (nSPS) is 20.0. The molecule has 0 bridgehead atoms. The Morgan fingerprint density at radius 2 is 1.95 bits per heavy atom. The number of hydrogen-bond acceptors (Lipinski definition) is 4. The number of benzene rings is 1. The number of hydrogen-bond donors (Lipinski definition) is 2. The lowest BCUT2D eigenvalue weighted by molar-refractivity contribution is -0.136. The minimum atomic E-state index is -1.11. The zero-order chi connectivity index (χ0) is 14.5. The number of carbonyl (C=O) groups is 4.